The second-order valence-corrected chi connectivity index (χ2v) is 5.67. The Morgan fingerprint density at radius 2 is 2.06 bits per heavy atom. The summed E-state index contributed by atoms with van der Waals surface area (Å²) in [5.74, 6) is 0.680. The van der Waals surface area contributed by atoms with Gasteiger partial charge in [0.05, 0.1) is 15.9 Å². The molecule has 0 saturated carbocycles. The zero-order chi connectivity index (χ0) is 13.5. The monoisotopic (exact) mass is 335 g/mol. The summed E-state index contributed by atoms with van der Waals surface area (Å²) >= 11 is 9.54. The van der Waals surface area contributed by atoms with Gasteiger partial charge in [-0.1, -0.05) is 20.3 Å². The Balaban J connectivity index is 2.76. The molecule has 0 bridgehead atoms. The summed E-state index contributed by atoms with van der Waals surface area (Å²) in [5, 5.41) is 4.53. The fraction of sp³-hybridized carbons (Fsp3) is 0.769. The number of aromatic nitrogens is 2. The zero-order valence-electron chi connectivity index (χ0n) is 11.5. The van der Waals surface area contributed by atoms with Crippen molar-refractivity contribution in [2.45, 2.75) is 39.7 Å². The minimum absolute atomic E-state index is 0.680. The summed E-state index contributed by atoms with van der Waals surface area (Å²) in [4.78, 5) is 2.40. The highest BCUT2D eigenvalue weighted by molar-refractivity contribution is 9.10. The summed E-state index contributed by atoms with van der Waals surface area (Å²) in [6.45, 7) is 7.29. The number of rotatable bonds is 8. The van der Waals surface area contributed by atoms with Crippen molar-refractivity contribution in [2.75, 3.05) is 19.0 Å². The van der Waals surface area contributed by atoms with E-state index in [9.17, 15) is 0 Å². The average Bonchev–Trinajstić information content (AvgIpc) is 2.63. The molecular weight excluding hydrogens is 314 g/mol. The van der Waals surface area contributed by atoms with Gasteiger partial charge in [0.1, 0.15) is 0 Å². The predicted molar refractivity (Wildman–Crippen MR) is 81.2 cm³/mol. The van der Waals surface area contributed by atoms with E-state index in [2.05, 4.69) is 39.8 Å². The number of halogens is 2. The molecule has 0 aliphatic carbocycles. The number of hydrogen-bond donors (Lipinski definition) is 0. The molecule has 104 valence electrons. The molecule has 0 N–H and O–H groups in total. The maximum atomic E-state index is 5.88. The number of nitrogens with zero attached hydrogens (tertiary/aromatic N) is 3. The van der Waals surface area contributed by atoms with Gasteiger partial charge in [0.15, 0.2) is 0 Å². The molecule has 1 aromatic rings. The van der Waals surface area contributed by atoms with Crippen LogP contribution in [0.1, 0.15) is 38.1 Å². The SMILES string of the molecule is CCCCN(CCCl)Cc1c(Br)c(CC)nn1C. The van der Waals surface area contributed by atoms with Crippen LogP contribution in [0.5, 0.6) is 0 Å². The minimum atomic E-state index is 0.680. The highest BCUT2D eigenvalue weighted by Crippen LogP contribution is 2.23. The largest absolute Gasteiger partial charge is 0.296 e. The Morgan fingerprint density at radius 1 is 1.33 bits per heavy atom. The zero-order valence-corrected chi connectivity index (χ0v) is 13.9. The predicted octanol–water partition coefficient (Wildman–Crippen LogP) is 3.59. The average molecular weight is 337 g/mol. The highest BCUT2D eigenvalue weighted by Gasteiger charge is 2.15. The summed E-state index contributed by atoms with van der Waals surface area (Å²) in [5.41, 5.74) is 2.38. The number of hydrogen-bond acceptors (Lipinski definition) is 2. The van der Waals surface area contributed by atoms with Crippen molar-refractivity contribution in [1.29, 1.82) is 0 Å². The summed E-state index contributed by atoms with van der Waals surface area (Å²) in [7, 11) is 2.01. The van der Waals surface area contributed by atoms with E-state index in [1.54, 1.807) is 0 Å². The lowest BCUT2D eigenvalue weighted by molar-refractivity contribution is 0.269. The molecule has 0 radical (unpaired) electrons. The lowest BCUT2D eigenvalue weighted by Crippen LogP contribution is -2.27. The van der Waals surface area contributed by atoms with Crippen molar-refractivity contribution in [3.63, 3.8) is 0 Å². The molecular formula is C13H23BrClN3. The highest BCUT2D eigenvalue weighted by atomic mass is 79.9. The summed E-state index contributed by atoms with van der Waals surface area (Å²) < 4.78 is 3.14. The van der Waals surface area contributed by atoms with Crippen LogP contribution < -0.4 is 0 Å². The van der Waals surface area contributed by atoms with Gasteiger partial charge in [-0.15, -0.1) is 11.6 Å². The molecule has 0 aromatic carbocycles. The van der Waals surface area contributed by atoms with Gasteiger partial charge in [0.2, 0.25) is 0 Å². The molecule has 0 unspecified atom stereocenters. The van der Waals surface area contributed by atoms with E-state index in [4.69, 9.17) is 11.6 Å². The fourth-order valence-corrected chi connectivity index (χ4v) is 2.96. The second kappa shape index (κ2) is 8.18. The lowest BCUT2D eigenvalue weighted by Gasteiger charge is -2.21. The first-order valence-electron chi connectivity index (χ1n) is 6.62. The van der Waals surface area contributed by atoms with Crippen LogP contribution in [-0.2, 0) is 20.0 Å². The number of unbranched alkanes of at least 4 members (excludes halogenated alkanes) is 1. The Bertz CT molecular complexity index is 365. The molecule has 0 saturated heterocycles. The van der Waals surface area contributed by atoms with E-state index in [0.717, 1.165) is 36.2 Å². The molecule has 5 heteroatoms. The Hall–Kier alpha value is -0.0600. The van der Waals surface area contributed by atoms with Gasteiger partial charge in [0.25, 0.3) is 0 Å². The van der Waals surface area contributed by atoms with Gasteiger partial charge in [-0.05, 0) is 35.3 Å². The molecule has 0 fully saturated rings. The second-order valence-electron chi connectivity index (χ2n) is 4.50. The van der Waals surface area contributed by atoms with Crippen LogP contribution in [-0.4, -0.2) is 33.6 Å². The summed E-state index contributed by atoms with van der Waals surface area (Å²) in [6, 6.07) is 0. The van der Waals surface area contributed by atoms with Gasteiger partial charge >= 0.3 is 0 Å². The molecule has 3 nitrogen and oxygen atoms in total. The van der Waals surface area contributed by atoms with E-state index in [1.807, 2.05) is 11.7 Å². The maximum absolute atomic E-state index is 5.88. The number of aryl methyl sites for hydroxylation is 2. The minimum Gasteiger partial charge on any atom is -0.296 e. The van der Waals surface area contributed by atoms with E-state index in [0.29, 0.717) is 5.88 Å². The van der Waals surface area contributed by atoms with E-state index >= 15 is 0 Å². The molecule has 1 aromatic heterocycles. The van der Waals surface area contributed by atoms with Crippen LogP contribution in [0.4, 0.5) is 0 Å². The molecule has 0 amide bonds. The van der Waals surface area contributed by atoms with Gasteiger partial charge in [-0.25, -0.2) is 0 Å². The Kier molecular flexibility index (Phi) is 7.27. The summed E-state index contributed by atoms with van der Waals surface area (Å²) in [6.07, 6.45) is 3.39. The standard InChI is InChI=1S/C13H23BrClN3/c1-4-6-8-18(9-7-15)10-12-13(14)11(5-2)16-17(12)3/h4-10H2,1-3H3. The molecule has 0 atom stereocenters. The molecule has 1 rings (SSSR count). The first-order chi connectivity index (χ1) is 8.63. The molecule has 18 heavy (non-hydrogen) atoms. The van der Waals surface area contributed by atoms with Crippen molar-refractivity contribution in [1.82, 2.24) is 14.7 Å². The van der Waals surface area contributed by atoms with Crippen LogP contribution in [0.2, 0.25) is 0 Å². The van der Waals surface area contributed by atoms with Gasteiger partial charge in [-0.3, -0.25) is 9.58 Å². The quantitative estimate of drug-likeness (QED) is 0.677. The Labute approximate surface area is 124 Å². The van der Waals surface area contributed by atoms with E-state index < -0.39 is 0 Å². The van der Waals surface area contributed by atoms with Crippen molar-refractivity contribution >= 4 is 27.5 Å². The molecule has 0 aliphatic rings. The van der Waals surface area contributed by atoms with Crippen molar-refractivity contribution in [2.24, 2.45) is 7.05 Å². The van der Waals surface area contributed by atoms with Crippen LogP contribution in [0.15, 0.2) is 4.47 Å². The molecule has 0 aliphatic heterocycles. The maximum Gasteiger partial charge on any atom is 0.0767 e. The van der Waals surface area contributed by atoms with Crippen molar-refractivity contribution < 1.29 is 0 Å². The molecule has 0 spiro atoms. The van der Waals surface area contributed by atoms with Crippen LogP contribution in [0.3, 0.4) is 0 Å². The van der Waals surface area contributed by atoms with E-state index in [1.165, 1.54) is 18.5 Å². The van der Waals surface area contributed by atoms with Crippen LogP contribution >= 0.6 is 27.5 Å². The van der Waals surface area contributed by atoms with Gasteiger partial charge in [-0.2, -0.15) is 5.10 Å². The van der Waals surface area contributed by atoms with Crippen molar-refractivity contribution in [3.05, 3.63) is 15.9 Å². The van der Waals surface area contributed by atoms with Gasteiger partial charge in [0, 0.05) is 26.0 Å². The van der Waals surface area contributed by atoms with Gasteiger partial charge < -0.3 is 0 Å². The van der Waals surface area contributed by atoms with Crippen LogP contribution in [0.25, 0.3) is 0 Å². The topological polar surface area (TPSA) is 21.1 Å². The first-order valence-corrected chi connectivity index (χ1v) is 7.95. The third-order valence-electron chi connectivity index (χ3n) is 3.10. The van der Waals surface area contributed by atoms with Crippen LogP contribution in [0, 0.1) is 0 Å². The fourth-order valence-electron chi connectivity index (χ4n) is 1.97. The Morgan fingerprint density at radius 3 is 2.56 bits per heavy atom. The normalized spacial score (nSPS) is 11.4. The lowest BCUT2D eigenvalue weighted by atomic mass is 10.2. The van der Waals surface area contributed by atoms with E-state index in [-0.39, 0.29) is 0 Å². The number of alkyl halides is 1. The van der Waals surface area contributed by atoms with Crippen molar-refractivity contribution in [3.8, 4) is 0 Å². The molecule has 1 heterocycles. The smallest absolute Gasteiger partial charge is 0.0767 e. The first kappa shape index (κ1) is 16.0. The third-order valence-corrected chi connectivity index (χ3v) is 4.19. The third kappa shape index (κ3) is 4.25.